The van der Waals surface area contributed by atoms with Crippen LogP contribution in [0, 0.1) is 12.7 Å². The van der Waals surface area contributed by atoms with Crippen LogP contribution in [0.2, 0.25) is 0 Å². The molecule has 3 rings (SSSR count). The summed E-state index contributed by atoms with van der Waals surface area (Å²) in [5.41, 5.74) is 1.18. The minimum Gasteiger partial charge on any atom is -0.338 e. The first-order chi connectivity index (χ1) is 11.4. The molecule has 0 bridgehead atoms. The van der Waals surface area contributed by atoms with Crippen LogP contribution in [0.25, 0.3) is 0 Å². The van der Waals surface area contributed by atoms with Crippen LogP contribution in [-0.2, 0) is 32.7 Å². The van der Waals surface area contributed by atoms with Crippen molar-refractivity contribution in [2.75, 3.05) is 6.54 Å². The number of rotatable bonds is 3. The molecule has 4 nitrogen and oxygen atoms in total. The Morgan fingerprint density at radius 1 is 1.07 bits per heavy atom. The predicted octanol–water partition coefficient (Wildman–Crippen LogP) is 6.78. The van der Waals surface area contributed by atoms with E-state index in [1.165, 1.54) is 24.1 Å². The van der Waals surface area contributed by atoms with Crippen LogP contribution in [0.1, 0.15) is 92.1 Å². The fourth-order valence-electron chi connectivity index (χ4n) is 2.97. The summed E-state index contributed by atoms with van der Waals surface area (Å²) in [6.45, 7) is 11.6. The standard InChI is InChI=1S/C10H17N3O.C9H11F.3CH4.Y/c1-7(2)13-6-4-5-9(13)10-11-8(3)12-14-10;1-7(2)8-3-5-9(10)6-4-8;;;;/h7,9H,4-6H2,1-3H3;3-7H,1-2H3;3*1H4;. The van der Waals surface area contributed by atoms with E-state index in [1.54, 1.807) is 0 Å². The first-order valence-electron chi connectivity index (χ1n) is 8.70. The third kappa shape index (κ3) is 9.23. The van der Waals surface area contributed by atoms with Crippen molar-refractivity contribution in [1.82, 2.24) is 15.0 Å². The molecule has 159 valence electrons. The molecule has 1 fully saturated rings. The molecule has 0 spiro atoms. The first-order valence-corrected chi connectivity index (χ1v) is 8.70. The van der Waals surface area contributed by atoms with Crippen molar-refractivity contribution in [2.45, 2.75) is 87.7 Å². The molecule has 2 aromatic rings. The van der Waals surface area contributed by atoms with Crippen LogP contribution in [0.3, 0.4) is 0 Å². The van der Waals surface area contributed by atoms with Gasteiger partial charge in [-0.3, -0.25) is 4.90 Å². The van der Waals surface area contributed by atoms with Crippen molar-refractivity contribution in [3.63, 3.8) is 0 Å². The van der Waals surface area contributed by atoms with Gasteiger partial charge >= 0.3 is 0 Å². The van der Waals surface area contributed by atoms with Crippen molar-refractivity contribution in [2.24, 2.45) is 0 Å². The van der Waals surface area contributed by atoms with Gasteiger partial charge in [-0.1, -0.05) is 53.4 Å². The minimum absolute atomic E-state index is 0. The molecule has 1 aliphatic heterocycles. The van der Waals surface area contributed by atoms with E-state index in [0.717, 1.165) is 24.7 Å². The quantitative estimate of drug-likeness (QED) is 0.496. The summed E-state index contributed by atoms with van der Waals surface area (Å²) in [6.07, 6.45) is 2.37. The van der Waals surface area contributed by atoms with Crippen LogP contribution in [0.15, 0.2) is 28.8 Å². The smallest absolute Gasteiger partial charge is 0.243 e. The zero-order valence-electron chi connectivity index (χ0n) is 15.9. The molecule has 2 heterocycles. The second-order valence-electron chi connectivity index (χ2n) is 6.88. The summed E-state index contributed by atoms with van der Waals surface area (Å²) in [6, 6.07) is 7.52. The average molecular weight is 470 g/mol. The average Bonchev–Trinajstić information content (AvgIpc) is 3.16. The number of hydrogen-bond acceptors (Lipinski definition) is 4. The van der Waals surface area contributed by atoms with E-state index in [-0.39, 0.29) is 60.8 Å². The van der Waals surface area contributed by atoms with Gasteiger partial charge in [-0.05, 0) is 63.8 Å². The van der Waals surface area contributed by atoms with Crippen molar-refractivity contribution in [3.05, 3.63) is 47.4 Å². The van der Waals surface area contributed by atoms with E-state index < -0.39 is 0 Å². The van der Waals surface area contributed by atoms with Crippen molar-refractivity contribution in [1.29, 1.82) is 0 Å². The Morgan fingerprint density at radius 2 is 1.64 bits per heavy atom. The summed E-state index contributed by atoms with van der Waals surface area (Å²) in [7, 11) is 0. The molecule has 0 N–H and O–H groups in total. The molecule has 1 aliphatic rings. The number of nitrogens with zero attached hydrogens (tertiary/aromatic N) is 3. The van der Waals surface area contributed by atoms with Crippen molar-refractivity contribution >= 4 is 0 Å². The van der Waals surface area contributed by atoms with Gasteiger partial charge in [0, 0.05) is 38.8 Å². The van der Waals surface area contributed by atoms with E-state index in [2.05, 4.69) is 42.7 Å². The van der Waals surface area contributed by atoms with Crippen LogP contribution in [0.4, 0.5) is 4.39 Å². The van der Waals surface area contributed by atoms with Gasteiger partial charge in [0.05, 0.1) is 6.04 Å². The van der Waals surface area contributed by atoms with Gasteiger partial charge in [-0.25, -0.2) is 4.39 Å². The topological polar surface area (TPSA) is 42.2 Å². The SMILES string of the molecule is C.C.C.CC(C)c1ccc(F)cc1.Cc1noc(C2CCCN2C(C)C)n1.[Y]. The van der Waals surface area contributed by atoms with E-state index in [1.807, 2.05) is 19.1 Å². The van der Waals surface area contributed by atoms with Crippen LogP contribution in [-0.4, -0.2) is 27.6 Å². The molecule has 1 unspecified atom stereocenters. The molecule has 0 amide bonds. The summed E-state index contributed by atoms with van der Waals surface area (Å²) in [4.78, 5) is 6.73. The third-order valence-corrected chi connectivity index (χ3v) is 4.32. The number of halogens is 1. The van der Waals surface area contributed by atoms with Crippen LogP contribution in [0.5, 0.6) is 0 Å². The predicted molar refractivity (Wildman–Crippen MR) is 114 cm³/mol. The van der Waals surface area contributed by atoms with E-state index in [4.69, 9.17) is 4.52 Å². The maximum absolute atomic E-state index is 12.4. The monoisotopic (exact) mass is 470 g/mol. The van der Waals surface area contributed by atoms with E-state index in [9.17, 15) is 4.39 Å². The second kappa shape index (κ2) is 15.2. The Kier molecular flexibility index (Phi) is 17.4. The van der Waals surface area contributed by atoms with Gasteiger partial charge in [0.2, 0.25) is 5.89 Å². The van der Waals surface area contributed by atoms with Crippen molar-refractivity contribution < 1.29 is 41.6 Å². The Hall–Kier alpha value is -0.646. The normalized spacial score (nSPS) is 15.5. The summed E-state index contributed by atoms with van der Waals surface area (Å²) < 4.78 is 17.6. The first kappa shape index (κ1) is 32.0. The number of likely N-dealkylation sites (tertiary alicyclic amines) is 1. The Balaban J connectivity index is -0.000000407. The molecule has 1 saturated heterocycles. The summed E-state index contributed by atoms with van der Waals surface area (Å²) in [5, 5.41) is 3.84. The molecule has 1 atom stereocenters. The van der Waals surface area contributed by atoms with Gasteiger partial charge in [0.25, 0.3) is 0 Å². The molecule has 1 aromatic carbocycles. The van der Waals surface area contributed by atoms with Crippen molar-refractivity contribution in [3.8, 4) is 0 Å². The number of aromatic nitrogens is 2. The fraction of sp³-hybridized carbons (Fsp3) is 0.636. The maximum Gasteiger partial charge on any atom is 0.243 e. The van der Waals surface area contributed by atoms with Gasteiger partial charge in [-0.15, -0.1) is 0 Å². The Labute approximate surface area is 197 Å². The molecule has 6 heteroatoms. The van der Waals surface area contributed by atoms with E-state index in [0.29, 0.717) is 18.0 Å². The van der Waals surface area contributed by atoms with Crippen LogP contribution >= 0.6 is 0 Å². The molecule has 0 aliphatic carbocycles. The molecule has 1 radical (unpaired) electrons. The second-order valence-corrected chi connectivity index (χ2v) is 6.88. The summed E-state index contributed by atoms with van der Waals surface area (Å²) in [5.74, 6) is 1.84. The van der Waals surface area contributed by atoms with Gasteiger partial charge in [-0.2, -0.15) is 4.98 Å². The number of aryl methyl sites for hydroxylation is 1. The Bertz CT molecular complexity index is 629. The van der Waals surface area contributed by atoms with E-state index >= 15 is 0 Å². The molecular formula is C22H40FN3OY. The van der Waals surface area contributed by atoms with Gasteiger partial charge in [0.1, 0.15) is 5.82 Å². The fourth-order valence-corrected chi connectivity index (χ4v) is 2.97. The molecular weight excluding hydrogens is 430 g/mol. The number of hydrogen-bond donors (Lipinski definition) is 0. The van der Waals surface area contributed by atoms with Gasteiger partial charge in [0.15, 0.2) is 5.82 Å². The third-order valence-electron chi connectivity index (χ3n) is 4.32. The van der Waals surface area contributed by atoms with Crippen LogP contribution < -0.4 is 0 Å². The van der Waals surface area contributed by atoms with Gasteiger partial charge < -0.3 is 4.52 Å². The molecule has 1 aromatic heterocycles. The summed E-state index contributed by atoms with van der Waals surface area (Å²) >= 11 is 0. The number of benzene rings is 1. The largest absolute Gasteiger partial charge is 0.338 e. The zero-order valence-corrected chi connectivity index (χ0v) is 18.7. The maximum atomic E-state index is 12.4. The zero-order chi connectivity index (χ0) is 17.7. The minimum atomic E-state index is -0.163. The Morgan fingerprint density at radius 3 is 2.07 bits per heavy atom. The molecule has 28 heavy (non-hydrogen) atoms. The molecule has 0 saturated carbocycles.